The molecule has 7 heteroatoms. The zero-order chi connectivity index (χ0) is 14.8. The summed E-state index contributed by atoms with van der Waals surface area (Å²) < 4.78 is 8.50. The Kier molecular flexibility index (Phi) is 3.85. The summed E-state index contributed by atoms with van der Waals surface area (Å²) in [5, 5.41) is 7.13. The Hall–Kier alpha value is -1.99. The second kappa shape index (κ2) is 5.79. The van der Waals surface area contributed by atoms with E-state index in [4.69, 9.17) is 17.0 Å². The number of rotatable bonds is 3. The van der Waals surface area contributed by atoms with Crippen LogP contribution in [0.2, 0.25) is 0 Å². The van der Waals surface area contributed by atoms with Gasteiger partial charge in [0.15, 0.2) is 10.6 Å². The molecule has 0 atom stereocenters. The molecule has 0 aliphatic heterocycles. The summed E-state index contributed by atoms with van der Waals surface area (Å²) in [6.45, 7) is 0. The van der Waals surface area contributed by atoms with Gasteiger partial charge in [0.1, 0.15) is 5.75 Å². The van der Waals surface area contributed by atoms with Crippen LogP contribution in [0.25, 0.3) is 17.1 Å². The molecule has 0 saturated heterocycles. The van der Waals surface area contributed by atoms with E-state index >= 15 is 0 Å². The first-order valence-electron chi connectivity index (χ1n) is 6.12. The first kappa shape index (κ1) is 14.0. The van der Waals surface area contributed by atoms with Crippen LogP contribution in [0, 0.1) is 4.77 Å². The van der Waals surface area contributed by atoms with Crippen LogP contribution in [0.4, 0.5) is 0 Å². The summed E-state index contributed by atoms with van der Waals surface area (Å²) in [4.78, 5) is 4.17. The van der Waals surface area contributed by atoms with Crippen molar-refractivity contribution in [3.05, 3.63) is 52.0 Å². The number of hydrogen-bond donors (Lipinski definition) is 1. The molecule has 0 unspecified atom stereocenters. The fraction of sp³-hybridized carbons (Fsp3) is 0.0714. The van der Waals surface area contributed by atoms with Crippen molar-refractivity contribution in [1.82, 2.24) is 19.7 Å². The Morgan fingerprint density at radius 1 is 1.29 bits per heavy atom. The minimum Gasteiger partial charge on any atom is -0.497 e. The highest BCUT2D eigenvalue weighted by molar-refractivity contribution is 9.10. The van der Waals surface area contributed by atoms with E-state index in [1.165, 1.54) is 0 Å². The summed E-state index contributed by atoms with van der Waals surface area (Å²) in [6, 6.07) is 9.58. The van der Waals surface area contributed by atoms with Crippen LogP contribution in [0.5, 0.6) is 5.75 Å². The predicted octanol–water partition coefficient (Wildman–Crippen LogP) is 3.76. The molecule has 3 rings (SSSR count). The van der Waals surface area contributed by atoms with Crippen molar-refractivity contribution in [1.29, 1.82) is 0 Å². The number of aromatic amines is 1. The monoisotopic (exact) mass is 362 g/mol. The Morgan fingerprint density at radius 3 is 2.90 bits per heavy atom. The highest BCUT2D eigenvalue weighted by Crippen LogP contribution is 2.25. The minimum absolute atomic E-state index is 0.512. The van der Waals surface area contributed by atoms with Crippen molar-refractivity contribution in [2.24, 2.45) is 0 Å². The number of pyridine rings is 1. The van der Waals surface area contributed by atoms with E-state index in [1.807, 2.05) is 34.9 Å². The van der Waals surface area contributed by atoms with Crippen LogP contribution >= 0.6 is 28.1 Å². The van der Waals surface area contributed by atoms with Crippen molar-refractivity contribution in [2.75, 3.05) is 7.11 Å². The summed E-state index contributed by atoms with van der Waals surface area (Å²) >= 11 is 8.75. The van der Waals surface area contributed by atoms with Crippen molar-refractivity contribution >= 4 is 28.1 Å². The number of ether oxygens (including phenoxy) is 1. The van der Waals surface area contributed by atoms with Crippen molar-refractivity contribution < 1.29 is 4.74 Å². The molecule has 5 nitrogen and oxygen atoms in total. The van der Waals surface area contributed by atoms with E-state index in [1.54, 1.807) is 19.5 Å². The average molecular weight is 363 g/mol. The normalized spacial score (nSPS) is 10.6. The average Bonchev–Trinajstić information content (AvgIpc) is 2.89. The highest BCUT2D eigenvalue weighted by Gasteiger charge is 2.12. The van der Waals surface area contributed by atoms with Gasteiger partial charge in [0.05, 0.1) is 12.8 Å². The number of hydrogen-bond acceptors (Lipinski definition) is 4. The molecule has 0 aliphatic rings. The molecule has 0 fully saturated rings. The second-order valence-corrected chi connectivity index (χ2v) is 5.58. The summed E-state index contributed by atoms with van der Waals surface area (Å²) in [5.41, 5.74) is 1.74. The second-order valence-electron chi connectivity index (χ2n) is 4.28. The highest BCUT2D eigenvalue weighted by atomic mass is 79.9. The Bertz CT molecular complexity index is 843. The number of aromatic nitrogens is 4. The maximum atomic E-state index is 5.34. The van der Waals surface area contributed by atoms with E-state index in [9.17, 15) is 0 Å². The first-order chi connectivity index (χ1) is 10.2. The molecule has 0 bridgehead atoms. The van der Waals surface area contributed by atoms with Gasteiger partial charge in [-0.15, -0.1) is 0 Å². The quantitative estimate of drug-likeness (QED) is 0.720. The third-order valence-corrected chi connectivity index (χ3v) is 3.65. The van der Waals surface area contributed by atoms with Gasteiger partial charge in [-0.2, -0.15) is 5.10 Å². The van der Waals surface area contributed by atoms with E-state index in [2.05, 4.69) is 31.1 Å². The van der Waals surface area contributed by atoms with E-state index in [0.29, 0.717) is 10.6 Å². The molecule has 1 N–H and O–H groups in total. The summed E-state index contributed by atoms with van der Waals surface area (Å²) in [5.74, 6) is 1.45. The van der Waals surface area contributed by atoms with E-state index in [-0.39, 0.29) is 0 Å². The largest absolute Gasteiger partial charge is 0.497 e. The molecule has 0 spiro atoms. The number of benzene rings is 1. The first-order valence-corrected chi connectivity index (χ1v) is 7.32. The van der Waals surface area contributed by atoms with Crippen LogP contribution in [0.15, 0.2) is 47.2 Å². The standard InChI is InChI=1S/C14H11BrN4OS/c1-20-12-4-2-3-11(6-12)19-13(17-18-14(19)21)9-5-10(15)8-16-7-9/h2-8H,1H3,(H,18,21). The molecule has 1 aromatic carbocycles. The third kappa shape index (κ3) is 2.74. The van der Waals surface area contributed by atoms with Gasteiger partial charge in [-0.25, -0.2) is 0 Å². The lowest BCUT2D eigenvalue weighted by Gasteiger charge is -2.08. The number of methoxy groups -OCH3 is 1. The van der Waals surface area contributed by atoms with Gasteiger partial charge in [-0.05, 0) is 46.3 Å². The lowest BCUT2D eigenvalue weighted by molar-refractivity contribution is 0.414. The topological polar surface area (TPSA) is 55.7 Å². The number of nitrogens with zero attached hydrogens (tertiary/aromatic N) is 3. The molecule has 21 heavy (non-hydrogen) atoms. The third-order valence-electron chi connectivity index (χ3n) is 2.95. The van der Waals surface area contributed by atoms with Gasteiger partial charge < -0.3 is 4.74 Å². The van der Waals surface area contributed by atoms with Gasteiger partial charge in [0.2, 0.25) is 0 Å². The van der Waals surface area contributed by atoms with Crippen LogP contribution in [-0.4, -0.2) is 26.9 Å². The molecular weight excluding hydrogens is 352 g/mol. The van der Waals surface area contributed by atoms with E-state index in [0.717, 1.165) is 21.5 Å². The SMILES string of the molecule is COc1cccc(-n2c(-c3cncc(Br)c3)n[nH]c2=S)c1. The molecule has 0 aliphatic carbocycles. The molecule has 0 saturated carbocycles. The number of H-pyrrole nitrogens is 1. The lowest BCUT2D eigenvalue weighted by atomic mass is 10.2. The molecule has 0 radical (unpaired) electrons. The molecule has 2 aromatic heterocycles. The number of nitrogens with one attached hydrogen (secondary N) is 1. The Balaban J connectivity index is 2.19. The Labute approximate surface area is 134 Å². The molecule has 2 heterocycles. The molecule has 3 aromatic rings. The van der Waals surface area contributed by atoms with Crippen molar-refractivity contribution in [3.63, 3.8) is 0 Å². The van der Waals surface area contributed by atoms with Crippen molar-refractivity contribution in [2.45, 2.75) is 0 Å². The zero-order valence-corrected chi connectivity index (χ0v) is 13.5. The van der Waals surface area contributed by atoms with Gasteiger partial charge in [-0.3, -0.25) is 14.6 Å². The smallest absolute Gasteiger partial charge is 0.200 e. The van der Waals surface area contributed by atoms with Crippen LogP contribution < -0.4 is 4.74 Å². The van der Waals surface area contributed by atoms with E-state index < -0.39 is 0 Å². The van der Waals surface area contributed by atoms with Gasteiger partial charge >= 0.3 is 0 Å². The molecule has 0 amide bonds. The Morgan fingerprint density at radius 2 is 2.14 bits per heavy atom. The molecular formula is C14H11BrN4OS. The van der Waals surface area contributed by atoms with Crippen LogP contribution in [0.3, 0.4) is 0 Å². The lowest BCUT2D eigenvalue weighted by Crippen LogP contribution is -1.98. The minimum atomic E-state index is 0.512. The van der Waals surface area contributed by atoms with Gasteiger partial charge in [-0.1, -0.05) is 6.07 Å². The van der Waals surface area contributed by atoms with Crippen molar-refractivity contribution in [3.8, 4) is 22.8 Å². The maximum Gasteiger partial charge on any atom is 0.200 e. The zero-order valence-electron chi connectivity index (χ0n) is 11.1. The van der Waals surface area contributed by atoms with Gasteiger partial charge in [0, 0.05) is 28.5 Å². The summed E-state index contributed by atoms with van der Waals surface area (Å²) in [6.07, 6.45) is 3.47. The van der Waals surface area contributed by atoms with Crippen LogP contribution in [-0.2, 0) is 0 Å². The predicted molar refractivity (Wildman–Crippen MR) is 86.2 cm³/mol. The number of halogens is 1. The fourth-order valence-corrected chi connectivity index (χ4v) is 2.62. The fourth-order valence-electron chi connectivity index (χ4n) is 2.01. The van der Waals surface area contributed by atoms with Crippen LogP contribution in [0.1, 0.15) is 0 Å². The summed E-state index contributed by atoms with van der Waals surface area (Å²) in [7, 11) is 1.63. The molecule has 106 valence electrons. The maximum absolute atomic E-state index is 5.34. The van der Waals surface area contributed by atoms with Gasteiger partial charge in [0.25, 0.3) is 0 Å².